The fourth-order valence-electron chi connectivity index (χ4n) is 4.13. The number of aromatic nitrogens is 3. The van der Waals surface area contributed by atoms with Gasteiger partial charge in [-0.2, -0.15) is 0 Å². The molecule has 5 rings (SSSR count). The lowest BCUT2D eigenvalue weighted by molar-refractivity contribution is 0.210. The molecule has 7 nitrogen and oxygen atoms in total. The normalized spacial score (nSPS) is 14.0. The molecule has 1 aliphatic carbocycles. The van der Waals surface area contributed by atoms with Gasteiger partial charge < -0.3 is 15.8 Å². The number of amides is 1. The topological polar surface area (TPSA) is 117 Å². The average Bonchev–Trinajstić information content (AvgIpc) is 3.53. The van der Waals surface area contributed by atoms with Crippen LogP contribution in [-0.2, 0) is 0 Å². The van der Waals surface area contributed by atoms with Gasteiger partial charge in [0, 0.05) is 33.7 Å². The van der Waals surface area contributed by atoms with Gasteiger partial charge in [0.25, 0.3) is 0 Å². The maximum absolute atomic E-state index is 10.8. The first-order valence-corrected chi connectivity index (χ1v) is 11.5. The van der Waals surface area contributed by atoms with Gasteiger partial charge in [-0.3, -0.25) is 10.3 Å². The molecule has 2 aromatic heterocycles. The number of nitrogens with one attached hydrogen (secondary N) is 2. The number of benzene rings is 2. The Morgan fingerprint density at radius 3 is 2.53 bits per heavy atom. The average molecular weight is 474 g/mol. The summed E-state index contributed by atoms with van der Waals surface area (Å²) < 4.78 is 0. The molecule has 2 heterocycles. The second kappa shape index (κ2) is 9.19. The standard InChI is InChI=1S/C26H24ClN5O2/c27-18-6-9-22(28)20(12-18)17-5-10-23(29-13-17)21(11-15-1-2-15)25-30-14-24(32-25)16-3-7-19(8-4-16)31-26(33)34/h3-10,12-15,21,31H,1-2,11,28H2,(H,30,32)(H,33,34). The van der Waals surface area contributed by atoms with E-state index >= 15 is 0 Å². The molecule has 172 valence electrons. The van der Waals surface area contributed by atoms with Crippen molar-refractivity contribution < 1.29 is 9.90 Å². The van der Waals surface area contributed by atoms with E-state index in [1.807, 2.05) is 42.7 Å². The molecule has 0 spiro atoms. The molecule has 1 amide bonds. The van der Waals surface area contributed by atoms with Gasteiger partial charge in [-0.05, 0) is 54.3 Å². The van der Waals surface area contributed by atoms with E-state index in [1.54, 1.807) is 24.3 Å². The lowest BCUT2D eigenvalue weighted by atomic mass is 9.96. The Kier molecular flexibility index (Phi) is 5.94. The van der Waals surface area contributed by atoms with Gasteiger partial charge in [-0.1, -0.05) is 42.6 Å². The first-order valence-electron chi connectivity index (χ1n) is 11.1. The van der Waals surface area contributed by atoms with Gasteiger partial charge in [0.05, 0.1) is 23.5 Å². The quantitative estimate of drug-likeness (QED) is 0.232. The summed E-state index contributed by atoms with van der Waals surface area (Å²) in [6.45, 7) is 0. The van der Waals surface area contributed by atoms with Crippen LogP contribution < -0.4 is 11.1 Å². The summed E-state index contributed by atoms with van der Waals surface area (Å²) in [4.78, 5) is 23.7. The second-order valence-corrected chi connectivity index (χ2v) is 9.06. The number of imidazole rings is 1. The largest absolute Gasteiger partial charge is 0.465 e. The van der Waals surface area contributed by atoms with Crippen LogP contribution in [0.3, 0.4) is 0 Å². The minimum absolute atomic E-state index is 0.0555. The maximum atomic E-state index is 10.8. The van der Waals surface area contributed by atoms with Gasteiger partial charge in [0.1, 0.15) is 5.82 Å². The number of nitrogens with zero attached hydrogens (tertiary/aromatic N) is 2. The number of H-pyrrole nitrogens is 1. The number of hydrogen-bond donors (Lipinski definition) is 4. The van der Waals surface area contributed by atoms with Crippen molar-refractivity contribution in [2.45, 2.75) is 25.2 Å². The van der Waals surface area contributed by atoms with Crippen LogP contribution in [0.1, 0.15) is 36.7 Å². The third kappa shape index (κ3) is 4.89. The number of carboxylic acid groups (broad SMARTS) is 1. The van der Waals surface area contributed by atoms with E-state index in [-0.39, 0.29) is 5.92 Å². The highest BCUT2D eigenvalue weighted by Crippen LogP contribution is 2.41. The lowest BCUT2D eigenvalue weighted by Crippen LogP contribution is -2.07. The van der Waals surface area contributed by atoms with E-state index in [0.29, 0.717) is 22.3 Å². The Balaban J connectivity index is 1.41. The summed E-state index contributed by atoms with van der Waals surface area (Å²) in [5.41, 5.74) is 11.9. The number of hydrogen-bond acceptors (Lipinski definition) is 4. The first kappa shape index (κ1) is 22.0. The van der Waals surface area contributed by atoms with Crippen molar-refractivity contribution in [3.63, 3.8) is 0 Å². The van der Waals surface area contributed by atoms with Crippen molar-refractivity contribution in [1.82, 2.24) is 15.0 Å². The first-order chi connectivity index (χ1) is 16.5. The Morgan fingerprint density at radius 2 is 1.85 bits per heavy atom. The smallest absolute Gasteiger partial charge is 0.409 e. The number of nitrogen functional groups attached to an aromatic ring is 1. The van der Waals surface area contributed by atoms with E-state index in [9.17, 15) is 4.79 Å². The number of anilines is 2. The summed E-state index contributed by atoms with van der Waals surface area (Å²) in [5, 5.41) is 11.8. The van der Waals surface area contributed by atoms with Crippen LogP contribution in [-0.4, -0.2) is 26.2 Å². The van der Waals surface area contributed by atoms with Crippen LogP contribution in [0.5, 0.6) is 0 Å². The SMILES string of the molecule is Nc1ccc(Cl)cc1-c1ccc(C(CC2CC2)c2ncc(-c3ccc(NC(=O)O)cc3)[nH]2)nc1. The van der Waals surface area contributed by atoms with Crippen molar-refractivity contribution in [3.05, 3.63) is 83.5 Å². The predicted octanol–water partition coefficient (Wildman–Crippen LogP) is 6.40. The molecule has 0 saturated heterocycles. The molecule has 1 fully saturated rings. The van der Waals surface area contributed by atoms with Crippen molar-refractivity contribution in [1.29, 1.82) is 0 Å². The Hall–Kier alpha value is -3.84. The minimum Gasteiger partial charge on any atom is -0.465 e. The van der Waals surface area contributed by atoms with Crippen LogP contribution in [0.2, 0.25) is 5.02 Å². The number of halogens is 1. The van der Waals surface area contributed by atoms with Gasteiger partial charge in [0.15, 0.2) is 0 Å². The third-order valence-electron chi connectivity index (χ3n) is 6.11. The van der Waals surface area contributed by atoms with Gasteiger partial charge in [-0.25, -0.2) is 9.78 Å². The second-order valence-electron chi connectivity index (χ2n) is 8.62. The van der Waals surface area contributed by atoms with Crippen molar-refractivity contribution in [2.24, 2.45) is 5.92 Å². The highest BCUT2D eigenvalue weighted by molar-refractivity contribution is 6.31. The molecule has 34 heavy (non-hydrogen) atoms. The number of pyridine rings is 1. The van der Waals surface area contributed by atoms with E-state index < -0.39 is 6.09 Å². The summed E-state index contributed by atoms with van der Waals surface area (Å²) in [6, 6.07) is 16.7. The Labute approximate surface area is 202 Å². The summed E-state index contributed by atoms with van der Waals surface area (Å²) >= 11 is 6.16. The third-order valence-corrected chi connectivity index (χ3v) is 6.34. The van der Waals surface area contributed by atoms with E-state index in [0.717, 1.165) is 40.3 Å². The summed E-state index contributed by atoms with van der Waals surface area (Å²) in [7, 11) is 0. The fourth-order valence-corrected chi connectivity index (χ4v) is 4.30. The fraction of sp³-hybridized carbons (Fsp3) is 0.192. The molecule has 5 N–H and O–H groups in total. The molecule has 1 aliphatic rings. The van der Waals surface area contributed by atoms with Crippen LogP contribution in [0.25, 0.3) is 22.4 Å². The van der Waals surface area contributed by atoms with Crippen LogP contribution in [0, 0.1) is 5.92 Å². The minimum atomic E-state index is -1.09. The monoisotopic (exact) mass is 473 g/mol. The highest BCUT2D eigenvalue weighted by Gasteiger charge is 2.29. The summed E-state index contributed by atoms with van der Waals surface area (Å²) in [5.74, 6) is 1.61. The van der Waals surface area contributed by atoms with Crippen molar-refractivity contribution in [3.8, 4) is 22.4 Å². The van der Waals surface area contributed by atoms with Crippen LogP contribution in [0.4, 0.5) is 16.2 Å². The molecule has 0 bridgehead atoms. The maximum Gasteiger partial charge on any atom is 0.409 e. The molecule has 0 aliphatic heterocycles. The number of aromatic amines is 1. The number of carbonyl (C=O) groups is 1. The van der Waals surface area contributed by atoms with E-state index in [2.05, 4.69) is 15.3 Å². The van der Waals surface area contributed by atoms with Gasteiger partial charge in [-0.15, -0.1) is 0 Å². The zero-order chi connectivity index (χ0) is 23.7. The Morgan fingerprint density at radius 1 is 1.09 bits per heavy atom. The van der Waals surface area contributed by atoms with Crippen molar-refractivity contribution in [2.75, 3.05) is 11.1 Å². The molecular formula is C26H24ClN5O2. The number of nitrogens with two attached hydrogens (primary N) is 1. The van der Waals surface area contributed by atoms with Gasteiger partial charge in [0.2, 0.25) is 0 Å². The van der Waals surface area contributed by atoms with Crippen LogP contribution >= 0.6 is 11.6 Å². The molecule has 0 radical (unpaired) electrons. The van der Waals surface area contributed by atoms with Gasteiger partial charge >= 0.3 is 6.09 Å². The molecule has 1 atom stereocenters. The van der Waals surface area contributed by atoms with E-state index in [4.69, 9.17) is 27.4 Å². The molecular weight excluding hydrogens is 450 g/mol. The zero-order valence-electron chi connectivity index (χ0n) is 18.3. The van der Waals surface area contributed by atoms with Crippen molar-refractivity contribution >= 4 is 29.1 Å². The molecule has 4 aromatic rings. The van der Waals surface area contributed by atoms with E-state index in [1.165, 1.54) is 12.8 Å². The molecule has 8 heteroatoms. The summed E-state index contributed by atoms with van der Waals surface area (Å²) in [6.07, 6.45) is 6.03. The zero-order valence-corrected chi connectivity index (χ0v) is 19.1. The predicted molar refractivity (Wildman–Crippen MR) is 134 cm³/mol. The molecule has 1 unspecified atom stereocenters. The molecule has 2 aromatic carbocycles. The Bertz CT molecular complexity index is 1310. The number of rotatable bonds is 7. The lowest BCUT2D eigenvalue weighted by Gasteiger charge is -2.15. The molecule has 1 saturated carbocycles. The highest BCUT2D eigenvalue weighted by atomic mass is 35.5. The van der Waals surface area contributed by atoms with Crippen LogP contribution in [0.15, 0.2) is 67.0 Å².